The highest BCUT2D eigenvalue weighted by atomic mass is 32.1. The van der Waals surface area contributed by atoms with Crippen LogP contribution in [0.25, 0.3) is 10.2 Å². The zero-order valence-electron chi connectivity index (χ0n) is 13.1. The maximum absolute atomic E-state index is 12.6. The number of aryl methyl sites for hydroxylation is 1. The van der Waals surface area contributed by atoms with Crippen LogP contribution < -0.4 is 10.1 Å². The second-order valence-electron chi connectivity index (χ2n) is 5.28. The fourth-order valence-electron chi connectivity index (χ4n) is 2.23. The highest BCUT2D eigenvalue weighted by molar-refractivity contribution is 7.18. The van der Waals surface area contributed by atoms with Gasteiger partial charge in [0, 0.05) is 5.69 Å². The number of halogens is 3. The molecule has 0 aliphatic rings. The SMILES string of the molecule is Cc1nc2ccc(NC(=O)COc3cccc(C(F)(F)F)c3)cc2s1. The summed E-state index contributed by atoms with van der Waals surface area (Å²) >= 11 is 1.51. The van der Waals surface area contributed by atoms with Gasteiger partial charge in [0.15, 0.2) is 6.61 Å². The van der Waals surface area contributed by atoms with Crippen LogP contribution in [0.4, 0.5) is 18.9 Å². The van der Waals surface area contributed by atoms with Gasteiger partial charge in [0.25, 0.3) is 5.91 Å². The van der Waals surface area contributed by atoms with Crippen LogP contribution in [0.2, 0.25) is 0 Å². The summed E-state index contributed by atoms with van der Waals surface area (Å²) in [5.41, 5.74) is 0.603. The molecule has 4 nitrogen and oxygen atoms in total. The molecule has 2 aromatic carbocycles. The molecule has 0 radical (unpaired) electrons. The predicted molar refractivity (Wildman–Crippen MR) is 89.9 cm³/mol. The number of fused-ring (bicyclic) bond motifs is 1. The van der Waals surface area contributed by atoms with Crippen molar-refractivity contribution in [2.75, 3.05) is 11.9 Å². The third-order valence-corrected chi connectivity index (χ3v) is 4.24. The third-order valence-electron chi connectivity index (χ3n) is 3.31. The number of hydrogen-bond acceptors (Lipinski definition) is 4. The summed E-state index contributed by atoms with van der Waals surface area (Å²) in [5.74, 6) is -0.475. The van der Waals surface area contributed by atoms with Gasteiger partial charge in [-0.05, 0) is 43.3 Å². The van der Waals surface area contributed by atoms with Crippen LogP contribution in [0.15, 0.2) is 42.5 Å². The maximum atomic E-state index is 12.6. The van der Waals surface area contributed by atoms with Crippen molar-refractivity contribution in [3.05, 3.63) is 53.0 Å². The van der Waals surface area contributed by atoms with Gasteiger partial charge in [0.05, 0.1) is 20.8 Å². The highest BCUT2D eigenvalue weighted by Gasteiger charge is 2.30. The Morgan fingerprint density at radius 1 is 1.24 bits per heavy atom. The molecule has 3 aromatic rings. The Balaban J connectivity index is 1.62. The first kappa shape index (κ1) is 17.2. The number of anilines is 1. The van der Waals surface area contributed by atoms with Crippen LogP contribution in [-0.4, -0.2) is 17.5 Å². The van der Waals surface area contributed by atoms with Crippen molar-refractivity contribution in [2.45, 2.75) is 13.1 Å². The molecule has 1 heterocycles. The van der Waals surface area contributed by atoms with E-state index in [1.54, 1.807) is 18.2 Å². The molecule has 3 rings (SSSR count). The molecule has 0 fully saturated rings. The molecule has 0 aliphatic heterocycles. The molecule has 0 saturated carbocycles. The van der Waals surface area contributed by atoms with Gasteiger partial charge in [0.1, 0.15) is 5.75 Å². The van der Waals surface area contributed by atoms with Gasteiger partial charge in [-0.15, -0.1) is 11.3 Å². The van der Waals surface area contributed by atoms with E-state index in [0.29, 0.717) is 5.69 Å². The normalized spacial score (nSPS) is 11.5. The molecule has 0 atom stereocenters. The molecule has 0 saturated heterocycles. The van der Waals surface area contributed by atoms with E-state index < -0.39 is 17.6 Å². The molecule has 0 unspecified atom stereocenters. The van der Waals surface area contributed by atoms with Gasteiger partial charge < -0.3 is 10.1 Å². The third kappa shape index (κ3) is 4.27. The first-order valence-electron chi connectivity index (χ1n) is 7.28. The Labute approximate surface area is 145 Å². The van der Waals surface area contributed by atoms with Crippen LogP contribution >= 0.6 is 11.3 Å². The predicted octanol–water partition coefficient (Wildman–Crippen LogP) is 4.64. The van der Waals surface area contributed by atoms with Crippen LogP contribution in [-0.2, 0) is 11.0 Å². The topological polar surface area (TPSA) is 51.2 Å². The fraction of sp³-hybridized carbons (Fsp3) is 0.176. The second-order valence-corrected chi connectivity index (χ2v) is 6.51. The number of nitrogens with zero attached hydrogens (tertiary/aromatic N) is 1. The zero-order valence-corrected chi connectivity index (χ0v) is 13.9. The number of hydrogen-bond donors (Lipinski definition) is 1. The highest BCUT2D eigenvalue weighted by Crippen LogP contribution is 2.31. The number of amides is 1. The standard InChI is InChI=1S/C17H13F3N2O2S/c1-10-21-14-6-5-12(8-15(14)25-10)22-16(23)9-24-13-4-2-3-11(7-13)17(18,19)20/h2-8H,9H2,1H3,(H,22,23). The van der Waals surface area contributed by atoms with Gasteiger partial charge in [-0.1, -0.05) is 6.07 Å². The lowest BCUT2D eigenvalue weighted by Gasteiger charge is -2.10. The number of ether oxygens (including phenoxy) is 1. The van der Waals surface area contributed by atoms with E-state index >= 15 is 0 Å². The first-order valence-corrected chi connectivity index (χ1v) is 8.10. The van der Waals surface area contributed by atoms with Crippen LogP contribution in [0.1, 0.15) is 10.6 Å². The number of rotatable bonds is 4. The molecule has 1 aromatic heterocycles. The first-order chi connectivity index (χ1) is 11.8. The summed E-state index contributed by atoms with van der Waals surface area (Å²) in [4.78, 5) is 16.3. The number of nitrogens with one attached hydrogen (secondary N) is 1. The number of alkyl halides is 3. The van der Waals surface area contributed by atoms with Gasteiger partial charge in [-0.25, -0.2) is 4.98 Å². The Kier molecular flexibility index (Phi) is 4.63. The Bertz CT molecular complexity index is 922. The van der Waals surface area contributed by atoms with Crippen molar-refractivity contribution in [1.29, 1.82) is 0 Å². The van der Waals surface area contributed by atoms with Gasteiger partial charge >= 0.3 is 6.18 Å². The fourth-order valence-corrected chi connectivity index (χ4v) is 3.09. The molecule has 0 bridgehead atoms. The van der Waals surface area contributed by atoms with Crippen LogP contribution in [0, 0.1) is 6.92 Å². The zero-order chi connectivity index (χ0) is 18.0. The van der Waals surface area contributed by atoms with Crippen molar-refractivity contribution >= 4 is 33.1 Å². The molecule has 0 aliphatic carbocycles. The van der Waals surface area contributed by atoms with E-state index in [2.05, 4.69) is 10.3 Å². The second kappa shape index (κ2) is 6.72. The summed E-state index contributed by atoms with van der Waals surface area (Å²) in [5, 5.41) is 3.57. The summed E-state index contributed by atoms with van der Waals surface area (Å²) in [6.45, 7) is 1.51. The average Bonchev–Trinajstić information content (AvgIpc) is 2.92. The summed E-state index contributed by atoms with van der Waals surface area (Å²) in [6, 6.07) is 9.71. The number of carbonyl (C=O) groups is 1. The van der Waals surface area contributed by atoms with E-state index in [1.165, 1.54) is 23.5 Å². The van der Waals surface area contributed by atoms with E-state index in [-0.39, 0.29) is 12.4 Å². The van der Waals surface area contributed by atoms with E-state index in [4.69, 9.17) is 4.74 Å². The average molecular weight is 366 g/mol. The lowest BCUT2D eigenvalue weighted by Crippen LogP contribution is -2.20. The largest absolute Gasteiger partial charge is 0.484 e. The number of carbonyl (C=O) groups excluding carboxylic acids is 1. The molecule has 0 spiro atoms. The monoisotopic (exact) mass is 366 g/mol. The Morgan fingerprint density at radius 3 is 2.80 bits per heavy atom. The van der Waals surface area contributed by atoms with Crippen LogP contribution in [0.5, 0.6) is 5.75 Å². The molecule has 1 amide bonds. The minimum Gasteiger partial charge on any atom is -0.484 e. The summed E-state index contributed by atoms with van der Waals surface area (Å²) < 4.78 is 44.0. The van der Waals surface area contributed by atoms with Crippen molar-refractivity contribution < 1.29 is 22.7 Å². The smallest absolute Gasteiger partial charge is 0.416 e. The molecule has 25 heavy (non-hydrogen) atoms. The Morgan fingerprint density at radius 2 is 2.04 bits per heavy atom. The number of thiazole rings is 1. The summed E-state index contributed by atoms with van der Waals surface area (Å²) in [6.07, 6.45) is -4.45. The van der Waals surface area contributed by atoms with E-state index in [0.717, 1.165) is 27.4 Å². The van der Waals surface area contributed by atoms with Crippen molar-refractivity contribution in [3.63, 3.8) is 0 Å². The minimum absolute atomic E-state index is 0.0153. The van der Waals surface area contributed by atoms with Crippen molar-refractivity contribution in [3.8, 4) is 5.75 Å². The van der Waals surface area contributed by atoms with E-state index in [1.807, 2.05) is 6.92 Å². The molecule has 130 valence electrons. The Hall–Kier alpha value is -2.61. The van der Waals surface area contributed by atoms with Gasteiger partial charge in [-0.3, -0.25) is 4.79 Å². The maximum Gasteiger partial charge on any atom is 0.416 e. The lowest BCUT2D eigenvalue weighted by molar-refractivity contribution is -0.137. The van der Waals surface area contributed by atoms with Gasteiger partial charge in [0.2, 0.25) is 0 Å². The lowest BCUT2D eigenvalue weighted by atomic mass is 10.2. The number of aromatic nitrogens is 1. The van der Waals surface area contributed by atoms with E-state index in [9.17, 15) is 18.0 Å². The quantitative estimate of drug-likeness (QED) is 0.732. The van der Waals surface area contributed by atoms with Crippen molar-refractivity contribution in [1.82, 2.24) is 4.98 Å². The van der Waals surface area contributed by atoms with Crippen molar-refractivity contribution in [2.24, 2.45) is 0 Å². The van der Waals surface area contributed by atoms with Crippen LogP contribution in [0.3, 0.4) is 0 Å². The molecular formula is C17H13F3N2O2S. The van der Waals surface area contributed by atoms with Gasteiger partial charge in [-0.2, -0.15) is 13.2 Å². The molecular weight excluding hydrogens is 353 g/mol. The molecule has 8 heteroatoms. The summed E-state index contributed by atoms with van der Waals surface area (Å²) in [7, 11) is 0. The minimum atomic E-state index is -4.45. The molecule has 1 N–H and O–H groups in total. The number of benzene rings is 2.